The second-order valence-corrected chi connectivity index (χ2v) is 7.06. The molecule has 0 aliphatic heterocycles. The van der Waals surface area contributed by atoms with Crippen LogP contribution in [0.1, 0.15) is 54.0 Å². The van der Waals surface area contributed by atoms with Crippen molar-refractivity contribution >= 4 is 23.3 Å². The number of anilines is 2. The number of nitrogens with one attached hydrogen (secondary N) is 1. The van der Waals surface area contributed by atoms with E-state index in [9.17, 15) is 14.7 Å². The van der Waals surface area contributed by atoms with Crippen LogP contribution in [0.25, 0.3) is 0 Å². The molecule has 6 nitrogen and oxygen atoms in total. The third-order valence-electron chi connectivity index (χ3n) is 3.72. The zero-order valence-corrected chi connectivity index (χ0v) is 16.3. The Kier molecular flexibility index (Phi) is 6.10. The monoisotopic (exact) mass is 371 g/mol. The van der Waals surface area contributed by atoms with Crippen molar-refractivity contribution in [3.05, 3.63) is 53.1 Å². The Morgan fingerprint density at radius 2 is 1.70 bits per heavy atom. The minimum atomic E-state index is -0.998. The number of rotatable bonds is 6. The van der Waals surface area contributed by atoms with Gasteiger partial charge in [0.25, 0.3) is 0 Å². The standard InChI is InChI=1S/C21H25NO5/c1-6-26-18-13(2)16(19(23)24)11-12-17(18)22-15-9-7-14(8-10-15)20(25)27-21(3,4)5/h7-12,22H,6H2,1-5H3,(H,23,24). The first-order valence-corrected chi connectivity index (χ1v) is 8.72. The number of hydrogen-bond donors (Lipinski definition) is 2. The molecule has 0 aliphatic carbocycles. The molecule has 0 atom stereocenters. The third kappa shape index (κ3) is 5.23. The van der Waals surface area contributed by atoms with Crippen LogP contribution in [0.15, 0.2) is 36.4 Å². The Labute approximate surface area is 159 Å². The van der Waals surface area contributed by atoms with E-state index in [2.05, 4.69) is 5.32 Å². The van der Waals surface area contributed by atoms with Crippen LogP contribution in [-0.4, -0.2) is 29.3 Å². The fourth-order valence-corrected chi connectivity index (χ4v) is 2.53. The van der Waals surface area contributed by atoms with E-state index in [1.165, 1.54) is 6.07 Å². The van der Waals surface area contributed by atoms with Crippen molar-refractivity contribution in [2.45, 2.75) is 40.2 Å². The smallest absolute Gasteiger partial charge is 0.338 e. The quantitative estimate of drug-likeness (QED) is 0.710. The number of benzene rings is 2. The predicted octanol–water partition coefficient (Wildman–Crippen LogP) is 4.79. The zero-order valence-electron chi connectivity index (χ0n) is 16.3. The van der Waals surface area contributed by atoms with Gasteiger partial charge in [0.1, 0.15) is 11.4 Å². The van der Waals surface area contributed by atoms with Crippen LogP contribution in [0.5, 0.6) is 5.75 Å². The molecule has 0 saturated heterocycles. The number of carbonyl (C=O) groups excluding carboxylic acids is 1. The van der Waals surface area contributed by atoms with E-state index >= 15 is 0 Å². The maximum Gasteiger partial charge on any atom is 0.338 e. The first-order valence-electron chi connectivity index (χ1n) is 8.72. The molecular weight excluding hydrogens is 346 g/mol. The number of aromatic carboxylic acids is 1. The maximum atomic E-state index is 12.1. The summed E-state index contributed by atoms with van der Waals surface area (Å²) < 4.78 is 11.0. The molecule has 0 saturated carbocycles. The van der Waals surface area contributed by atoms with Crippen LogP contribution in [0.3, 0.4) is 0 Å². The summed E-state index contributed by atoms with van der Waals surface area (Å²) in [6.45, 7) is 9.42. The fraction of sp³-hybridized carbons (Fsp3) is 0.333. The summed E-state index contributed by atoms with van der Waals surface area (Å²) in [7, 11) is 0. The summed E-state index contributed by atoms with van der Waals surface area (Å²) in [5.41, 5.74) is 2.06. The molecular formula is C21H25NO5. The van der Waals surface area contributed by atoms with Crippen molar-refractivity contribution in [3.8, 4) is 5.75 Å². The highest BCUT2D eigenvalue weighted by atomic mass is 16.6. The Morgan fingerprint density at radius 3 is 2.22 bits per heavy atom. The lowest BCUT2D eigenvalue weighted by Crippen LogP contribution is -2.23. The molecule has 6 heteroatoms. The second kappa shape index (κ2) is 8.12. The van der Waals surface area contributed by atoms with Gasteiger partial charge in [-0.25, -0.2) is 9.59 Å². The molecule has 2 rings (SSSR count). The number of carboxylic acids is 1. The normalized spacial score (nSPS) is 11.0. The molecule has 2 aromatic rings. The van der Waals surface area contributed by atoms with Gasteiger partial charge in [-0.2, -0.15) is 0 Å². The van der Waals surface area contributed by atoms with E-state index in [0.29, 0.717) is 29.2 Å². The Bertz CT molecular complexity index is 835. The summed E-state index contributed by atoms with van der Waals surface area (Å²) in [4.78, 5) is 23.4. The van der Waals surface area contributed by atoms with Crippen LogP contribution < -0.4 is 10.1 Å². The highest BCUT2D eigenvalue weighted by Gasteiger charge is 2.18. The molecule has 0 aliphatic rings. The SMILES string of the molecule is CCOc1c(Nc2ccc(C(=O)OC(C)(C)C)cc2)ccc(C(=O)O)c1C. The van der Waals surface area contributed by atoms with Gasteiger partial charge < -0.3 is 19.9 Å². The molecule has 2 N–H and O–H groups in total. The lowest BCUT2D eigenvalue weighted by molar-refractivity contribution is 0.00693. The molecule has 144 valence electrons. The summed E-state index contributed by atoms with van der Waals surface area (Å²) in [5.74, 6) is -0.888. The van der Waals surface area contributed by atoms with E-state index < -0.39 is 11.6 Å². The second-order valence-electron chi connectivity index (χ2n) is 7.06. The van der Waals surface area contributed by atoms with Crippen molar-refractivity contribution in [2.24, 2.45) is 0 Å². The van der Waals surface area contributed by atoms with Crippen molar-refractivity contribution in [1.82, 2.24) is 0 Å². The van der Waals surface area contributed by atoms with Gasteiger partial charge in [-0.3, -0.25) is 0 Å². The molecule has 0 radical (unpaired) electrons. The van der Waals surface area contributed by atoms with Gasteiger partial charge in [-0.1, -0.05) is 0 Å². The van der Waals surface area contributed by atoms with E-state index in [-0.39, 0.29) is 11.5 Å². The molecule has 0 heterocycles. The average molecular weight is 371 g/mol. The predicted molar refractivity (Wildman–Crippen MR) is 104 cm³/mol. The lowest BCUT2D eigenvalue weighted by Gasteiger charge is -2.19. The number of ether oxygens (including phenoxy) is 2. The van der Waals surface area contributed by atoms with E-state index in [1.54, 1.807) is 37.3 Å². The summed E-state index contributed by atoms with van der Waals surface area (Å²) >= 11 is 0. The minimum Gasteiger partial charge on any atom is -0.491 e. The van der Waals surface area contributed by atoms with Crippen molar-refractivity contribution in [2.75, 3.05) is 11.9 Å². The van der Waals surface area contributed by atoms with Crippen LogP contribution in [0.2, 0.25) is 0 Å². The minimum absolute atomic E-state index is 0.198. The highest BCUT2D eigenvalue weighted by molar-refractivity contribution is 5.92. The van der Waals surface area contributed by atoms with Gasteiger partial charge in [-0.05, 0) is 71.0 Å². The van der Waals surface area contributed by atoms with Gasteiger partial charge in [0.2, 0.25) is 0 Å². The molecule has 0 fully saturated rings. The van der Waals surface area contributed by atoms with Crippen molar-refractivity contribution in [3.63, 3.8) is 0 Å². The topological polar surface area (TPSA) is 84.9 Å². The van der Waals surface area contributed by atoms with Gasteiger partial charge in [0.15, 0.2) is 0 Å². The third-order valence-corrected chi connectivity index (χ3v) is 3.72. The Morgan fingerprint density at radius 1 is 1.07 bits per heavy atom. The number of esters is 1. The molecule has 27 heavy (non-hydrogen) atoms. The number of carbonyl (C=O) groups is 2. The Balaban J connectivity index is 2.25. The van der Waals surface area contributed by atoms with Gasteiger partial charge in [0, 0.05) is 11.3 Å². The van der Waals surface area contributed by atoms with Gasteiger partial charge in [0.05, 0.1) is 23.4 Å². The van der Waals surface area contributed by atoms with Crippen LogP contribution >= 0.6 is 0 Å². The maximum absolute atomic E-state index is 12.1. The van der Waals surface area contributed by atoms with Crippen molar-refractivity contribution < 1.29 is 24.2 Å². The highest BCUT2D eigenvalue weighted by Crippen LogP contribution is 2.33. The average Bonchev–Trinajstić information content (AvgIpc) is 2.57. The van der Waals surface area contributed by atoms with E-state index in [0.717, 1.165) is 5.69 Å². The zero-order chi connectivity index (χ0) is 20.2. The fourth-order valence-electron chi connectivity index (χ4n) is 2.53. The molecule has 0 aromatic heterocycles. The van der Waals surface area contributed by atoms with Crippen LogP contribution in [-0.2, 0) is 4.74 Å². The largest absolute Gasteiger partial charge is 0.491 e. The number of hydrogen-bond acceptors (Lipinski definition) is 5. The van der Waals surface area contributed by atoms with Gasteiger partial charge in [-0.15, -0.1) is 0 Å². The summed E-state index contributed by atoms with van der Waals surface area (Å²) in [5, 5.41) is 12.5. The lowest BCUT2D eigenvalue weighted by atomic mass is 10.1. The summed E-state index contributed by atoms with van der Waals surface area (Å²) in [6.07, 6.45) is 0. The summed E-state index contributed by atoms with van der Waals surface area (Å²) in [6, 6.07) is 10.1. The van der Waals surface area contributed by atoms with E-state index in [1.807, 2.05) is 27.7 Å². The van der Waals surface area contributed by atoms with Crippen molar-refractivity contribution in [1.29, 1.82) is 0 Å². The molecule has 2 aromatic carbocycles. The van der Waals surface area contributed by atoms with E-state index in [4.69, 9.17) is 9.47 Å². The number of carboxylic acid groups (broad SMARTS) is 1. The Hall–Kier alpha value is -3.02. The molecule has 0 unspecified atom stereocenters. The molecule has 0 amide bonds. The molecule has 0 spiro atoms. The molecule has 0 bridgehead atoms. The van der Waals surface area contributed by atoms with Gasteiger partial charge >= 0.3 is 11.9 Å². The van der Waals surface area contributed by atoms with Crippen LogP contribution in [0.4, 0.5) is 11.4 Å². The first-order chi connectivity index (χ1) is 12.6. The first kappa shape index (κ1) is 20.3. The van der Waals surface area contributed by atoms with Crippen LogP contribution in [0, 0.1) is 6.92 Å².